The highest BCUT2D eigenvalue weighted by Crippen LogP contribution is 2.57. The monoisotopic (exact) mass is 900 g/mol. The Morgan fingerprint density at radius 1 is 0.571 bits per heavy atom. The van der Waals surface area contributed by atoms with E-state index < -0.39 is 118 Å². The number of fused-ring (bicyclic) bond motifs is 2. The number of hydrogen-bond donors (Lipinski definition) is 0. The van der Waals surface area contributed by atoms with Gasteiger partial charge in [0, 0.05) is 9.11 Å². The fourth-order valence-corrected chi connectivity index (χ4v) is 8.60. The van der Waals surface area contributed by atoms with E-state index >= 15 is 26.3 Å². The Kier molecular flexibility index (Phi) is 9.74. The minimum Gasteiger partial charge on any atom is -0.269 e. The minimum absolute atomic E-state index is 0.0669. The largest absolute Gasteiger partial charge is 0.417 e. The molecular weight excluding hydrogens is 870 g/mol. The number of anilines is 1. The Hall–Kier alpha value is -4.87. The van der Waals surface area contributed by atoms with Crippen molar-refractivity contribution in [3.05, 3.63) is 121 Å². The molecule has 0 fully saturated rings. The van der Waals surface area contributed by atoms with Crippen molar-refractivity contribution < 1.29 is 58.7 Å². The summed E-state index contributed by atoms with van der Waals surface area (Å²) in [4.78, 5) is 54.5. The maximum absolute atomic E-state index is 15.2. The molecule has 2 aliphatic rings. The van der Waals surface area contributed by atoms with Crippen LogP contribution in [0.5, 0.6) is 0 Å². The molecule has 6 rings (SSSR count). The van der Waals surface area contributed by atoms with Crippen LogP contribution >= 0.6 is 20.7 Å². The Bertz CT molecular complexity index is 2360. The van der Waals surface area contributed by atoms with E-state index in [9.17, 15) is 32.3 Å². The second kappa shape index (κ2) is 13.4. The average Bonchev–Trinajstić information content (AvgIpc) is 3.49. The smallest absolute Gasteiger partial charge is 0.269 e. The molecule has 4 aromatic carbocycles. The van der Waals surface area contributed by atoms with E-state index in [0.717, 1.165) is 17.7 Å². The summed E-state index contributed by atoms with van der Waals surface area (Å²) in [6.07, 6.45) is -17.4. The highest BCUT2D eigenvalue weighted by atomic mass is 127. The minimum atomic E-state index is -6.20. The van der Waals surface area contributed by atoms with Crippen LogP contribution in [-0.4, -0.2) is 50.9 Å². The number of imide groups is 2. The number of carbonyl (C=O) groups is 4. The summed E-state index contributed by atoms with van der Waals surface area (Å²) in [6, 6.07) is 10.2. The van der Waals surface area contributed by atoms with Gasteiger partial charge >= 0.3 is 18.5 Å². The topological polar surface area (TPSA) is 74.8 Å². The van der Waals surface area contributed by atoms with Crippen LogP contribution in [0, 0.1) is 3.57 Å². The standard InChI is InChI=1S/C40H30F9IN2O4/c1-19(2)20-7-11-25(31(15-20)50-6)24-14-10-23(18-30(24)38(41,42)43)51-32(53)26-12-8-21(16-28(26)33(51)54)37(39(44,45)46,40(47,48)49)22-9-13-27-29(17-22)35(56)52(34(27)55)36(3,4)5/h7-19H,6H2,1-5H3. The van der Waals surface area contributed by atoms with Gasteiger partial charge in [0.2, 0.25) is 5.41 Å². The predicted molar refractivity (Wildman–Crippen MR) is 198 cm³/mol. The third-order valence-corrected chi connectivity index (χ3v) is 11.5. The molecule has 16 heteroatoms. The maximum Gasteiger partial charge on any atom is 0.417 e. The van der Waals surface area contributed by atoms with Gasteiger partial charge in [0.15, 0.2) is 0 Å². The SMILES string of the molecule is C=Ic1cc(C(C)C)ccc1-c1ccc(N2C(=O)c3ccc(C(c4ccc5c(c4)C(=O)N(C(C)(C)C)C5=O)(C(F)(F)F)C(F)(F)F)cc3C2=O)cc1C(F)(F)F. The summed E-state index contributed by atoms with van der Waals surface area (Å²) in [5.74, 6) is -4.73. The summed E-state index contributed by atoms with van der Waals surface area (Å²) in [5.41, 5.74) is -12.9. The number of rotatable bonds is 6. The second-order valence-electron chi connectivity index (χ2n) is 14.6. The van der Waals surface area contributed by atoms with Crippen LogP contribution in [0.4, 0.5) is 45.2 Å². The molecule has 2 heterocycles. The zero-order valence-electron chi connectivity index (χ0n) is 30.0. The molecule has 0 saturated heterocycles. The highest BCUT2D eigenvalue weighted by molar-refractivity contribution is 14.2. The van der Waals surface area contributed by atoms with Crippen LogP contribution in [0.2, 0.25) is 0 Å². The lowest BCUT2D eigenvalue weighted by Crippen LogP contribution is -2.55. The van der Waals surface area contributed by atoms with Gasteiger partial charge in [-0.1, -0.05) is 69.4 Å². The molecule has 0 aromatic heterocycles. The van der Waals surface area contributed by atoms with E-state index in [1.807, 2.05) is 13.8 Å². The fourth-order valence-electron chi connectivity index (χ4n) is 7.13. The quantitative estimate of drug-likeness (QED) is 0.110. The molecule has 294 valence electrons. The van der Waals surface area contributed by atoms with E-state index in [-0.39, 0.29) is 28.0 Å². The molecule has 0 unspecified atom stereocenters. The van der Waals surface area contributed by atoms with Crippen molar-refractivity contribution in [2.24, 2.45) is 0 Å². The fraction of sp³-hybridized carbons (Fsp3) is 0.275. The van der Waals surface area contributed by atoms with Crippen LogP contribution in [0.1, 0.15) is 104 Å². The average molecular weight is 901 g/mol. The predicted octanol–water partition coefficient (Wildman–Crippen LogP) is 10.7. The van der Waals surface area contributed by atoms with Crippen LogP contribution < -0.4 is 4.90 Å². The molecule has 0 N–H and O–H groups in total. The summed E-state index contributed by atoms with van der Waals surface area (Å²) >= 11 is -0.984. The molecule has 0 radical (unpaired) electrons. The van der Waals surface area contributed by atoms with Gasteiger partial charge in [-0.2, -0.15) is 39.5 Å². The van der Waals surface area contributed by atoms with Crippen LogP contribution in [0.15, 0.2) is 72.8 Å². The van der Waals surface area contributed by atoms with E-state index in [1.165, 1.54) is 26.8 Å². The number of alkyl halides is 9. The number of amides is 4. The molecule has 0 aliphatic carbocycles. The number of hydrogen-bond acceptors (Lipinski definition) is 4. The summed E-state index contributed by atoms with van der Waals surface area (Å²) in [6.45, 7) is 8.16. The lowest BCUT2D eigenvalue weighted by atomic mass is 9.71. The first-order chi connectivity index (χ1) is 25.8. The van der Waals surface area contributed by atoms with Crippen molar-refractivity contribution in [1.29, 1.82) is 0 Å². The third-order valence-electron chi connectivity index (χ3n) is 9.82. The first-order valence-electron chi connectivity index (χ1n) is 16.7. The number of carbonyl (C=O) groups excluding carboxylic acids is 4. The van der Waals surface area contributed by atoms with Crippen molar-refractivity contribution in [2.45, 2.75) is 70.0 Å². The zero-order valence-corrected chi connectivity index (χ0v) is 32.2. The van der Waals surface area contributed by atoms with Gasteiger partial charge in [-0.05, 0) is 97.0 Å². The highest BCUT2D eigenvalue weighted by Gasteiger charge is 2.73. The van der Waals surface area contributed by atoms with Crippen molar-refractivity contribution in [3.8, 4) is 11.1 Å². The van der Waals surface area contributed by atoms with Crippen molar-refractivity contribution in [2.75, 3.05) is 4.90 Å². The van der Waals surface area contributed by atoms with Gasteiger partial charge in [-0.15, -0.1) is 0 Å². The van der Waals surface area contributed by atoms with Crippen LogP contribution in [0.25, 0.3) is 11.1 Å². The number of halogens is 10. The summed E-state index contributed by atoms with van der Waals surface area (Å²) in [5, 5.41) is 0. The van der Waals surface area contributed by atoms with E-state index in [1.54, 1.807) is 12.1 Å². The van der Waals surface area contributed by atoms with Crippen molar-refractivity contribution in [1.82, 2.24) is 4.90 Å². The van der Waals surface area contributed by atoms with E-state index in [2.05, 4.69) is 4.51 Å². The zero-order chi connectivity index (χ0) is 41.7. The lowest BCUT2D eigenvalue weighted by molar-refractivity contribution is -0.288. The normalized spacial score (nSPS) is 15.3. The van der Waals surface area contributed by atoms with Gasteiger partial charge in [0.1, 0.15) is 0 Å². The van der Waals surface area contributed by atoms with Gasteiger partial charge in [0.05, 0.1) is 33.5 Å². The van der Waals surface area contributed by atoms with Gasteiger partial charge in [-0.3, -0.25) is 24.1 Å². The molecule has 56 heavy (non-hydrogen) atoms. The summed E-state index contributed by atoms with van der Waals surface area (Å²) < 4.78 is 140. The van der Waals surface area contributed by atoms with E-state index in [0.29, 0.717) is 44.9 Å². The first kappa shape index (κ1) is 40.8. The molecule has 4 amide bonds. The van der Waals surface area contributed by atoms with Gasteiger partial charge in [0.25, 0.3) is 23.6 Å². The lowest BCUT2D eigenvalue weighted by Gasteiger charge is -2.38. The molecule has 0 saturated carbocycles. The molecule has 6 nitrogen and oxygen atoms in total. The maximum atomic E-state index is 15.2. The Labute approximate surface area is 324 Å². The molecule has 2 aliphatic heterocycles. The molecule has 0 spiro atoms. The Balaban J connectivity index is 1.49. The van der Waals surface area contributed by atoms with Crippen molar-refractivity contribution in [3.63, 3.8) is 0 Å². The summed E-state index contributed by atoms with van der Waals surface area (Å²) in [7, 11) is 0. The second-order valence-corrected chi connectivity index (χ2v) is 16.5. The molecule has 0 bridgehead atoms. The molecule has 4 aromatic rings. The van der Waals surface area contributed by atoms with E-state index in [4.69, 9.17) is 0 Å². The van der Waals surface area contributed by atoms with Crippen LogP contribution in [0.3, 0.4) is 0 Å². The van der Waals surface area contributed by atoms with Crippen molar-refractivity contribution >= 4 is 54.6 Å². The Morgan fingerprint density at radius 3 is 1.52 bits per heavy atom. The molecular formula is C40H30F9IN2O4. The number of nitrogens with zero attached hydrogens (tertiary/aromatic N) is 2. The third kappa shape index (κ3) is 6.23. The molecule has 0 atom stereocenters. The van der Waals surface area contributed by atoms with Gasteiger partial charge in [-0.25, -0.2) is 4.90 Å². The first-order valence-corrected chi connectivity index (χ1v) is 19.3. The Morgan fingerprint density at radius 2 is 1.04 bits per heavy atom. The van der Waals surface area contributed by atoms with Gasteiger partial charge < -0.3 is 0 Å². The van der Waals surface area contributed by atoms with Crippen LogP contribution in [-0.2, 0) is 11.6 Å². The number of benzene rings is 4.